The van der Waals surface area contributed by atoms with Crippen molar-refractivity contribution >= 4 is 51.9 Å². The van der Waals surface area contributed by atoms with E-state index in [4.69, 9.17) is 17.0 Å². The first-order chi connectivity index (χ1) is 15.0. The lowest BCUT2D eigenvalue weighted by Crippen LogP contribution is -2.29. The van der Waals surface area contributed by atoms with Gasteiger partial charge in [-0.25, -0.2) is 0 Å². The zero-order chi connectivity index (χ0) is 22.2. The van der Waals surface area contributed by atoms with Crippen LogP contribution in [0, 0.1) is 0 Å². The Morgan fingerprint density at radius 2 is 1.97 bits per heavy atom. The molecule has 1 saturated heterocycles. The van der Waals surface area contributed by atoms with Gasteiger partial charge < -0.3 is 15.2 Å². The quantitative estimate of drug-likeness (QED) is 0.321. The number of anilines is 1. The van der Waals surface area contributed by atoms with Crippen LogP contribution in [0.25, 0.3) is 6.08 Å². The van der Waals surface area contributed by atoms with Gasteiger partial charge in [0.25, 0.3) is 5.91 Å². The normalized spacial score (nSPS) is 14.9. The summed E-state index contributed by atoms with van der Waals surface area (Å²) in [6.07, 6.45) is 4.50. The molecule has 3 rings (SSSR count). The van der Waals surface area contributed by atoms with Crippen LogP contribution in [0.15, 0.2) is 53.4 Å². The number of rotatable bonds is 9. The number of nitrogens with one attached hydrogen (secondary N) is 1. The maximum atomic E-state index is 12.7. The molecule has 8 heteroatoms. The van der Waals surface area contributed by atoms with Gasteiger partial charge in [0.2, 0.25) is 5.91 Å². The first-order valence-electron chi connectivity index (χ1n) is 9.94. The number of thiocarbonyl (C=S) groups is 1. The fourth-order valence-corrected chi connectivity index (χ4v) is 4.39. The fourth-order valence-electron chi connectivity index (χ4n) is 3.08. The zero-order valence-corrected chi connectivity index (χ0v) is 18.8. The van der Waals surface area contributed by atoms with Crippen molar-refractivity contribution in [3.8, 4) is 11.5 Å². The molecule has 2 N–H and O–H groups in total. The molecule has 0 saturated carbocycles. The fraction of sp³-hybridized carbons (Fsp3) is 0.261. The average molecular weight is 457 g/mol. The molecule has 0 unspecified atom stereocenters. The summed E-state index contributed by atoms with van der Waals surface area (Å²) in [7, 11) is 1.61. The molecule has 1 aliphatic rings. The predicted molar refractivity (Wildman–Crippen MR) is 128 cm³/mol. The molecule has 31 heavy (non-hydrogen) atoms. The number of nitrogens with zero attached hydrogens (tertiary/aromatic N) is 1. The van der Waals surface area contributed by atoms with E-state index in [1.807, 2.05) is 30.3 Å². The van der Waals surface area contributed by atoms with Gasteiger partial charge in [0, 0.05) is 24.7 Å². The van der Waals surface area contributed by atoms with E-state index in [1.165, 1.54) is 17.8 Å². The van der Waals surface area contributed by atoms with Crippen LogP contribution in [0.4, 0.5) is 5.69 Å². The Morgan fingerprint density at radius 1 is 1.19 bits per heavy atom. The number of phenols is 1. The monoisotopic (exact) mass is 456 g/mol. The highest BCUT2D eigenvalue weighted by atomic mass is 32.2. The number of carbonyl (C=O) groups is 2. The molecule has 0 aliphatic carbocycles. The number of ether oxygens (including phenoxy) is 1. The molecule has 1 fully saturated rings. The lowest BCUT2D eigenvalue weighted by Gasteiger charge is -2.14. The third-order valence-electron chi connectivity index (χ3n) is 4.70. The molecular weight excluding hydrogens is 432 g/mol. The molecule has 6 nitrogen and oxygen atoms in total. The second-order valence-electron chi connectivity index (χ2n) is 7.02. The summed E-state index contributed by atoms with van der Waals surface area (Å²) in [6.45, 7) is 0.540. The minimum atomic E-state index is -0.0985. The van der Waals surface area contributed by atoms with Crippen molar-refractivity contribution in [1.29, 1.82) is 0 Å². The van der Waals surface area contributed by atoms with E-state index in [2.05, 4.69) is 5.32 Å². The zero-order valence-electron chi connectivity index (χ0n) is 17.2. The molecule has 0 radical (unpaired) electrons. The van der Waals surface area contributed by atoms with Crippen molar-refractivity contribution in [2.75, 3.05) is 19.0 Å². The van der Waals surface area contributed by atoms with Crippen LogP contribution in [0.1, 0.15) is 31.2 Å². The highest BCUT2D eigenvalue weighted by molar-refractivity contribution is 8.26. The number of thioether (sulfide) groups is 1. The Labute approximate surface area is 191 Å². The maximum absolute atomic E-state index is 12.7. The van der Waals surface area contributed by atoms with Gasteiger partial charge in [-0.05, 0) is 48.7 Å². The third-order valence-corrected chi connectivity index (χ3v) is 6.08. The summed E-state index contributed by atoms with van der Waals surface area (Å²) in [5.41, 5.74) is 1.49. The van der Waals surface area contributed by atoms with Gasteiger partial charge in [-0.2, -0.15) is 0 Å². The van der Waals surface area contributed by atoms with Crippen LogP contribution in [-0.4, -0.2) is 39.8 Å². The smallest absolute Gasteiger partial charge is 0.266 e. The Balaban J connectivity index is 1.42. The molecule has 1 aliphatic heterocycles. The number of hydrogen-bond acceptors (Lipinski definition) is 6. The number of amides is 2. The Bertz CT molecular complexity index is 989. The van der Waals surface area contributed by atoms with Gasteiger partial charge in [-0.3, -0.25) is 14.5 Å². The minimum Gasteiger partial charge on any atom is -0.508 e. The van der Waals surface area contributed by atoms with E-state index < -0.39 is 0 Å². The number of phenolic OH excluding ortho intramolecular Hbond substituents is 1. The number of unbranched alkanes of at least 4 members (excludes halogenated alkanes) is 2. The van der Waals surface area contributed by atoms with Crippen LogP contribution in [0.5, 0.6) is 11.5 Å². The van der Waals surface area contributed by atoms with Crippen LogP contribution >= 0.6 is 24.0 Å². The summed E-state index contributed by atoms with van der Waals surface area (Å²) in [6, 6.07) is 14.0. The van der Waals surface area contributed by atoms with E-state index in [0.29, 0.717) is 34.3 Å². The standard InChI is InChI=1S/C23H24N2O4S2/c1-29-19-11-9-16(10-12-19)14-20-22(28)25(23(30)31-20)13-4-2-3-8-21(27)24-17-6-5-7-18(26)15-17/h5-7,9-12,14-15,26H,2-4,8,13H2,1H3,(H,24,27). The minimum absolute atomic E-state index is 0.0764. The number of aromatic hydroxyl groups is 1. The summed E-state index contributed by atoms with van der Waals surface area (Å²) in [5, 5.41) is 12.2. The van der Waals surface area contributed by atoms with Crippen LogP contribution < -0.4 is 10.1 Å². The molecule has 162 valence electrons. The van der Waals surface area contributed by atoms with E-state index in [1.54, 1.807) is 30.2 Å². The van der Waals surface area contributed by atoms with Gasteiger partial charge in [-0.1, -0.05) is 48.6 Å². The first kappa shape index (κ1) is 22.8. The van der Waals surface area contributed by atoms with Gasteiger partial charge in [0.05, 0.1) is 12.0 Å². The third kappa shape index (κ3) is 6.57. The number of benzene rings is 2. The molecule has 0 aromatic heterocycles. The molecule has 2 aromatic rings. The molecule has 2 amide bonds. The predicted octanol–water partition coefficient (Wildman–Crippen LogP) is 4.80. The lowest BCUT2D eigenvalue weighted by atomic mass is 10.1. The number of methoxy groups -OCH3 is 1. The molecule has 0 bridgehead atoms. The molecule has 0 atom stereocenters. The van der Waals surface area contributed by atoms with Crippen molar-refractivity contribution in [3.05, 3.63) is 59.0 Å². The van der Waals surface area contributed by atoms with Crippen molar-refractivity contribution in [2.45, 2.75) is 25.7 Å². The van der Waals surface area contributed by atoms with Crippen molar-refractivity contribution < 1.29 is 19.4 Å². The average Bonchev–Trinajstić information content (AvgIpc) is 3.01. The van der Waals surface area contributed by atoms with Crippen LogP contribution in [0.3, 0.4) is 0 Å². The van der Waals surface area contributed by atoms with Crippen molar-refractivity contribution in [3.63, 3.8) is 0 Å². The lowest BCUT2D eigenvalue weighted by molar-refractivity contribution is -0.122. The van der Waals surface area contributed by atoms with Gasteiger partial charge >= 0.3 is 0 Å². The Hall–Kier alpha value is -2.84. The van der Waals surface area contributed by atoms with Crippen LogP contribution in [-0.2, 0) is 9.59 Å². The second kappa shape index (κ2) is 11.0. The molecular formula is C23H24N2O4S2. The highest BCUT2D eigenvalue weighted by Crippen LogP contribution is 2.33. The summed E-state index contributed by atoms with van der Waals surface area (Å²) < 4.78 is 5.71. The largest absolute Gasteiger partial charge is 0.508 e. The summed E-state index contributed by atoms with van der Waals surface area (Å²) in [4.78, 5) is 26.9. The SMILES string of the molecule is COc1ccc(C=C2SC(=S)N(CCCCCC(=O)Nc3cccc(O)c3)C2=O)cc1. The molecule has 1 heterocycles. The summed E-state index contributed by atoms with van der Waals surface area (Å²) >= 11 is 6.69. The van der Waals surface area contributed by atoms with Gasteiger partial charge in [0.15, 0.2) is 0 Å². The van der Waals surface area contributed by atoms with E-state index >= 15 is 0 Å². The van der Waals surface area contributed by atoms with E-state index in [-0.39, 0.29) is 17.6 Å². The topological polar surface area (TPSA) is 78.9 Å². The van der Waals surface area contributed by atoms with Crippen molar-refractivity contribution in [2.24, 2.45) is 0 Å². The highest BCUT2D eigenvalue weighted by Gasteiger charge is 2.31. The summed E-state index contributed by atoms with van der Waals surface area (Å²) in [5.74, 6) is 0.703. The Kier molecular flexibility index (Phi) is 8.08. The maximum Gasteiger partial charge on any atom is 0.266 e. The van der Waals surface area contributed by atoms with Crippen LogP contribution in [0.2, 0.25) is 0 Å². The molecule has 2 aromatic carbocycles. The van der Waals surface area contributed by atoms with E-state index in [0.717, 1.165) is 24.2 Å². The van der Waals surface area contributed by atoms with Gasteiger partial charge in [-0.15, -0.1) is 0 Å². The Morgan fingerprint density at radius 3 is 2.68 bits per heavy atom. The van der Waals surface area contributed by atoms with E-state index in [9.17, 15) is 14.7 Å². The molecule has 0 spiro atoms. The first-order valence-corrected chi connectivity index (χ1v) is 11.2. The second-order valence-corrected chi connectivity index (χ2v) is 8.69. The van der Waals surface area contributed by atoms with Crippen molar-refractivity contribution in [1.82, 2.24) is 4.90 Å². The van der Waals surface area contributed by atoms with Gasteiger partial charge in [0.1, 0.15) is 15.8 Å². The number of hydrogen-bond donors (Lipinski definition) is 2. The number of carbonyl (C=O) groups excluding carboxylic acids is 2.